The first-order valence-corrected chi connectivity index (χ1v) is 7.39. The molecule has 0 saturated carbocycles. The zero-order chi connectivity index (χ0) is 15.7. The van der Waals surface area contributed by atoms with Gasteiger partial charge in [-0.2, -0.15) is 0 Å². The zero-order valence-corrected chi connectivity index (χ0v) is 12.7. The van der Waals surface area contributed by atoms with E-state index in [0.717, 1.165) is 11.1 Å². The van der Waals surface area contributed by atoms with Crippen LogP contribution in [0.1, 0.15) is 30.6 Å². The second-order valence-corrected chi connectivity index (χ2v) is 6.25. The Bertz CT molecular complexity index is 699. The molecule has 2 aromatic rings. The Morgan fingerprint density at radius 3 is 2.14 bits per heavy atom. The van der Waals surface area contributed by atoms with E-state index in [1.165, 1.54) is 0 Å². The average Bonchev–Trinajstić information content (AvgIpc) is 2.80. The molecule has 3 nitrogen and oxygen atoms in total. The number of Topliss-reactive ketones (excluding diaryl/α,β-unsaturated/α-hetero) is 1. The van der Waals surface area contributed by atoms with Gasteiger partial charge in [-0.1, -0.05) is 54.6 Å². The summed E-state index contributed by atoms with van der Waals surface area (Å²) in [6.07, 6.45) is 0.436. The summed E-state index contributed by atoms with van der Waals surface area (Å²) in [6.45, 7) is 3.66. The molecule has 22 heavy (non-hydrogen) atoms. The molecule has 3 heteroatoms. The van der Waals surface area contributed by atoms with Gasteiger partial charge < -0.3 is 4.74 Å². The summed E-state index contributed by atoms with van der Waals surface area (Å²) in [6, 6.07) is 17.3. The number of carbonyl (C=O) groups is 2. The average molecular weight is 294 g/mol. The molecular weight excluding hydrogens is 276 g/mol. The SMILES string of the molecule is CC1(C)C[C@@H](C(=O)c2ccc(-c3ccccc3)cc2)C(=O)O1. The number of rotatable bonds is 3. The van der Waals surface area contributed by atoms with Gasteiger partial charge in [0.2, 0.25) is 0 Å². The van der Waals surface area contributed by atoms with Gasteiger partial charge in [-0.3, -0.25) is 9.59 Å². The first-order valence-electron chi connectivity index (χ1n) is 7.39. The molecule has 0 spiro atoms. The van der Waals surface area contributed by atoms with Crippen molar-refractivity contribution in [3.8, 4) is 11.1 Å². The van der Waals surface area contributed by atoms with E-state index in [0.29, 0.717) is 12.0 Å². The van der Waals surface area contributed by atoms with Crippen LogP contribution in [0, 0.1) is 5.92 Å². The number of esters is 1. The van der Waals surface area contributed by atoms with Crippen molar-refractivity contribution in [2.75, 3.05) is 0 Å². The Kier molecular flexibility index (Phi) is 3.57. The van der Waals surface area contributed by atoms with Crippen molar-refractivity contribution in [1.82, 2.24) is 0 Å². The molecule has 0 aromatic heterocycles. The lowest BCUT2D eigenvalue weighted by Gasteiger charge is -2.14. The van der Waals surface area contributed by atoms with Gasteiger partial charge in [0.25, 0.3) is 0 Å². The standard InChI is InChI=1S/C19H18O3/c1-19(2)12-16(18(21)22-19)17(20)15-10-8-14(9-11-15)13-6-4-3-5-7-13/h3-11,16H,12H2,1-2H3/t16-/m0/s1. The van der Waals surface area contributed by atoms with Gasteiger partial charge >= 0.3 is 5.97 Å². The Labute approximate surface area is 129 Å². The van der Waals surface area contributed by atoms with Gasteiger partial charge in [-0.25, -0.2) is 0 Å². The van der Waals surface area contributed by atoms with Crippen LogP contribution < -0.4 is 0 Å². The molecule has 0 bridgehead atoms. The quantitative estimate of drug-likeness (QED) is 0.490. The van der Waals surface area contributed by atoms with Gasteiger partial charge in [-0.05, 0) is 25.0 Å². The Balaban J connectivity index is 1.82. The van der Waals surface area contributed by atoms with Crippen LogP contribution in [-0.2, 0) is 9.53 Å². The highest BCUT2D eigenvalue weighted by Crippen LogP contribution is 2.32. The van der Waals surface area contributed by atoms with Crippen molar-refractivity contribution in [3.05, 3.63) is 60.2 Å². The first-order chi connectivity index (χ1) is 10.5. The smallest absolute Gasteiger partial charge is 0.317 e. The van der Waals surface area contributed by atoms with E-state index in [1.54, 1.807) is 12.1 Å². The fourth-order valence-electron chi connectivity index (χ4n) is 2.82. The second kappa shape index (κ2) is 5.41. The van der Waals surface area contributed by atoms with Crippen molar-refractivity contribution in [2.24, 2.45) is 5.92 Å². The van der Waals surface area contributed by atoms with Crippen molar-refractivity contribution in [2.45, 2.75) is 25.9 Å². The van der Waals surface area contributed by atoms with Gasteiger partial charge in [0.05, 0.1) is 0 Å². The van der Waals surface area contributed by atoms with Crippen LogP contribution in [0.4, 0.5) is 0 Å². The van der Waals surface area contributed by atoms with Crippen LogP contribution >= 0.6 is 0 Å². The van der Waals surface area contributed by atoms with Crippen molar-refractivity contribution >= 4 is 11.8 Å². The summed E-state index contributed by atoms with van der Waals surface area (Å²) in [5.41, 5.74) is 2.15. The van der Waals surface area contributed by atoms with Crippen molar-refractivity contribution in [3.63, 3.8) is 0 Å². The monoisotopic (exact) mass is 294 g/mol. The third kappa shape index (κ3) is 2.80. The van der Waals surface area contributed by atoms with Gasteiger partial charge in [0.15, 0.2) is 5.78 Å². The number of cyclic esters (lactones) is 1. The highest BCUT2D eigenvalue weighted by molar-refractivity contribution is 6.09. The molecule has 112 valence electrons. The molecule has 1 atom stereocenters. The van der Waals surface area contributed by atoms with E-state index in [2.05, 4.69) is 0 Å². The lowest BCUT2D eigenvalue weighted by molar-refractivity contribution is -0.147. The van der Waals surface area contributed by atoms with Crippen LogP contribution in [-0.4, -0.2) is 17.4 Å². The molecule has 1 saturated heterocycles. The Hall–Kier alpha value is -2.42. The number of ketones is 1. The molecule has 0 amide bonds. The molecule has 1 aliphatic heterocycles. The van der Waals surface area contributed by atoms with E-state index in [9.17, 15) is 9.59 Å². The number of carbonyl (C=O) groups excluding carboxylic acids is 2. The molecule has 1 heterocycles. The highest BCUT2D eigenvalue weighted by atomic mass is 16.6. The Morgan fingerprint density at radius 1 is 1.00 bits per heavy atom. The number of hydrogen-bond acceptors (Lipinski definition) is 3. The highest BCUT2D eigenvalue weighted by Gasteiger charge is 2.44. The van der Waals surface area contributed by atoms with E-state index in [-0.39, 0.29) is 5.78 Å². The number of benzene rings is 2. The Morgan fingerprint density at radius 2 is 1.59 bits per heavy atom. The van der Waals surface area contributed by atoms with Crippen molar-refractivity contribution < 1.29 is 14.3 Å². The topological polar surface area (TPSA) is 43.4 Å². The summed E-state index contributed by atoms with van der Waals surface area (Å²) >= 11 is 0. The van der Waals surface area contributed by atoms with E-state index < -0.39 is 17.5 Å². The van der Waals surface area contributed by atoms with Crippen LogP contribution in [0.25, 0.3) is 11.1 Å². The summed E-state index contributed by atoms with van der Waals surface area (Å²) in [5, 5.41) is 0. The minimum atomic E-state index is -0.683. The largest absolute Gasteiger partial charge is 0.459 e. The van der Waals surface area contributed by atoms with Crippen LogP contribution in [0.15, 0.2) is 54.6 Å². The number of hydrogen-bond donors (Lipinski definition) is 0. The maximum atomic E-state index is 12.5. The summed E-state index contributed by atoms with van der Waals surface area (Å²) in [5.74, 6) is -1.25. The number of ether oxygens (including phenoxy) is 1. The second-order valence-electron chi connectivity index (χ2n) is 6.25. The van der Waals surface area contributed by atoms with E-state index in [4.69, 9.17) is 4.74 Å². The molecule has 3 rings (SSSR count). The van der Waals surface area contributed by atoms with Crippen LogP contribution in [0.3, 0.4) is 0 Å². The first kappa shape index (κ1) is 14.5. The molecule has 1 fully saturated rings. The predicted molar refractivity (Wildman–Crippen MR) is 84.5 cm³/mol. The van der Waals surface area contributed by atoms with Gasteiger partial charge in [0, 0.05) is 12.0 Å². The van der Waals surface area contributed by atoms with Crippen LogP contribution in [0.2, 0.25) is 0 Å². The molecule has 0 unspecified atom stereocenters. The molecule has 1 aliphatic rings. The summed E-state index contributed by atoms with van der Waals surface area (Å²) in [7, 11) is 0. The maximum absolute atomic E-state index is 12.5. The van der Waals surface area contributed by atoms with Crippen molar-refractivity contribution in [1.29, 1.82) is 0 Å². The molecule has 0 radical (unpaired) electrons. The fraction of sp³-hybridized carbons (Fsp3) is 0.263. The fourth-order valence-corrected chi connectivity index (χ4v) is 2.82. The molecule has 0 N–H and O–H groups in total. The maximum Gasteiger partial charge on any atom is 0.317 e. The minimum Gasteiger partial charge on any atom is -0.459 e. The van der Waals surface area contributed by atoms with Gasteiger partial charge in [-0.15, -0.1) is 0 Å². The molecule has 2 aromatic carbocycles. The molecular formula is C19H18O3. The summed E-state index contributed by atoms with van der Waals surface area (Å²) in [4.78, 5) is 24.3. The molecule has 0 aliphatic carbocycles. The predicted octanol–water partition coefficient (Wildman–Crippen LogP) is 3.88. The summed E-state index contributed by atoms with van der Waals surface area (Å²) < 4.78 is 5.24. The third-order valence-corrected chi connectivity index (χ3v) is 3.95. The zero-order valence-electron chi connectivity index (χ0n) is 12.7. The third-order valence-electron chi connectivity index (χ3n) is 3.95. The van der Waals surface area contributed by atoms with E-state index >= 15 is 0 Å². The van der Waals surface area contributed by atoms with Gasteiger partial charge in [0.1, 0.15) is 11.5 Å². The normalized spacial score (nSPS) is 19.7. The minimum absolute atomic E-state index is 0.157. The lowest BCUT2D eigenvalue weighted by atomic mass is 9.90. The van der Waals surface area contributed by atoms with Crippen LogP contribution in [0.5, 0.6) is 0 Å². The lowest BCUT2D eigenvalue weighted by Crippen LogP contribution is -2.19. The van der Waals surface area contributed by atoms with E-state index in [1.807, 2.05) is 56.3 Å².